The summed E-state index contributed by atoms with van der Waals surface area (Å²) < 4.78 is 41.1. The molecule has 1 N–H and O–H groups in total. The lowest BCUT2D eigenvalue weighted by Gasteiger charge is -2.35. The molecule has 1 aromatic carbocycles. The summed E-state index contributed by atoms with van der Waals surface area (Å²) in [5, 5.41) is 6.57. The first-order chi connectivity index (χ1) is 14.8. The molecule has 11 heteroatoms. The average molecular weight is 431 g/mol. The molecule has 0 saturated carbocycles. The predicted octanol–water partition coefficient (Wildman–Crippen LogP) is 3.34. The van der Waals surface area contributed by atoms with E-state index in [1.807, 2.05) is 11.0 Å². The molecule has 8 nitrogen and oxygen atoms in total. The highest BCUT2D eigenvalue weighted by Crippen LogP contribution is 2.34. The highest BCUT2D eigenvalue weighted by Gasteiger charge is 2.34. The Balaban J connectivity index is 1.42. The number of nitrogens with one attached hydrogen (secondary N) is 1. The zero-order chi connectivity index (χ0) is 22.0. The number of piperazine rings is 1. The third-order valence-electron chi connectivity index (χ3n) is 4.91. The second kappa shape index (κ2) is 8.25. The van der Waals surface area contributed by atoms with Gasteiger partial charge in [-0.25, -0.2) is 19.4 Å². The quantitative estimate of drug-likeness (QED) is 0.688. The molecule has 4 rings (SSSR count). The number of nitrogens with zero attached hydrogens (tertiary/aromatic N) is 6. The van der Waals surface area contributed by atoms with Gasteiger partial charge in [0.1, 0.15) is 11.6 Å². The third kappa shape index (κ3) is 4.60. The average Bonchev–Trinajstić information content (AvgIpc) is 3.28. The SMILES string of the molecule is Cc1nc(N2CCN(C(=O)Nc3ccccc3C(F)(F)F)CC2)cc(-n2cccn2)n1. The monoisotopic (exact) mass is 431 g/mol. The maximum atomic E-state index is 13.2. The Bertz CT molecular complexity index is 1060. The minimum Gasteiger partial charge on any atom is -0.353 e. The van der Waals surface area contributed by atoms with Crippen LogP contribution in [0.4, 0.5) is 29.5 Å². The Morgan fingerprint density at radius 1 is 1.03 bits per heavy atom. The number of carbonyl (C=O) groups excluding carboxylic acids is 1. The largest absolute Gasteiger partial charge is 0.418 e. The van der Waals surface area contributed by atoms with Gasteiger partial charge in [0, 0.05) is 44.6 Å². The molecule has 0 spiro atoms. The lowest BCUT2D eigenvalue weighted by molar-refractivity contribution is -0.136. The third-order valence-corrected chi connectivity index (χ3v) is 4.91. The molecule has 1 aliphatic heterocycles. The Hall–Kier alpha value is -3.63. The van der Waals surface area contributed by atoms with Crippen molar-refractivity contribution < 1.29 is 18.0 Å². The molecule has 3 aromatic rings. The van der Waals surface area contributed by atoms with E-state index in [9.17, 15) is 18.0 Å². The second-order valence-corrected chi connectivity index (χ2v) is 7.03. The summed E-state index contributed by atoms with van der Waals surface area (Å²) in [6.07, 6.45) is -1.10. The van der Waals surface area contributed by atoms with Crippen molar-refractivity contribution >= 4 is 17.5 Å². The maximum absolute atomic E-state index is 13.2. The minimum atomic E-state index is -4.54. The van der Waals surface area contributed by atoms with Gasteiger partial charge in [-0.3, -0.25) is 0 Å². The Morgan fingerprint density at radius 2 is 1.74 bits per heavy atom. The van der Waals surface area contributed by atoms with Crippen molar-refractivity contribution in [2.75, 3.05) is 36.4 Å². The van der Waals surface area contributed by atoms with Crippen LogP contribution in [0.1, 0.15) is 11.4 Å². The smallest absolute Gasteiger partial charge is 0.353 e. The molecular weight excluding hydrogens is 411 g/mol. The van der Waals surface area contributed by atoms with Gasteiger partial charge in [0.2, 0.25) is 0 Å². The topological polar surface area (TPSA) is 79.2 Å². The maximum Gasteiger partial charge on any atom is 0.418 e. The van der Waals surface area contributed by atoms with Crippen LogP contribution >= 0.6 is 0 Å². The highest BCUT2D eigenvalue weighted by atomic mass is 19.4. The molecule has 2 aromatic heterocycles. The van der Waals surface area contributed by atoms with Gasteiger partial charge < -0.3 is 15.1 Å². The molecule has 31 heavy (non-hydrogen) atoms. The number of anilines is 2. The molecule has 1 aliphatic rings. The van der Waals surface area contributed by atoms with Gasteiger partial charge in [-0.2, -0.15) is 18.3 Å². The van der Waals surface area contributed by atoms with Gasteiger partial charge >= 0.3 is 12.2 Å². The van der Waals surface area contributed by atoms with Crippen LogP contribution in [-0.4, -0.2) is 56.9 Å². The van der Waals surface area contributed by atoms with Crippen molar-refractivity contribution in [3.8, 4) is 5.82 Å². The lowest BCUT2D eigenvalue weighted by Crippen LogP contribution is -2.50. The number of alkyl halides is 3. The van der Waals surface area contributed by atoms with Gasteiger partial charge in [-0.1, -0.05) is 12.1 Å². The Morgan fingerprint density at radius 3 is 2.42 bits per heavy atom. The van der Waals surface area contributed by atoms with Crippen LogP contribution in [-0.2, 0) is 6.18 Å². The van der Waals surface area contributed by atoms with E-state index in [4.69, 9.17) is 0 Å². The number of benzene rings is 1. The molecule has 3 heterocycles. The fourth-order valence-corrected chi connectivity index (χ4v) is 3.39. The number of hydrogen-bond donors (Lipinski definition) is 1. The van der Waals surface area contributed by atoms with E-state index in [2.05, 4.69) is 20.4 Å². The van der Waals surface area contributed by atoms with Crippen LogP contribution in [0.2, 0.25) is 0 Å². The fraction of sp³-hybridized carbons (Fsp3) is 0.300. The minimum absolute atomic E-state index is 0.252. The van der Waals surface area contributed by atoms with Crippen LogP contribution in [0.3, 0.4) is 0 Å². The van der Waals surface area contributed by atoms with Crippen molar-refractivity contribution in [1.29, 1.82) is 0 Å². The van der Waals surface area contributed by atoms with E-state index in [0.29, 0.717) is 43.6 Å². The number of amides is 2. The first kappa shape index (κ1) is 20.6. The molecule has 1 fully saturated rings. The number of urea groups is 1. The summed E-state index contributed by atoms with van der Waals surface area (Å²) in [7, 11) is 0. The number of rotatable bonds is 3. The molecule has 2 amide bonds. The van der Waals surface area contributed by atoms with Crippen molar-refractivity contribution in [3.63, 3.8) is 0 Å². The summed E-state index contributed by atoms with van der Waals surface area (Å²) in [6.45, 7) is 3.46. The van der Waals surface area contributed by atoms with Crippen LogP contribution in [0.5, 0.6) is 0 Å². The molecule has 0 radical (unpaired) electrons. The summed E-state index contributed by atoms with van der Waals surface area (Å²) in [5.41, 5.74) is -1.12. The number of aryl methyl sites for hydroxylation is 1. The van der Waals surface area contributed by atoms with Gasteiger partial charge in [0.15, 0.2) is 5.82 Å². The van der Waals surface area contributed by atoms with Gasteiger partial charge in [-0.05, 0) is 25.1 Å². The van der Waals surface area contributed by atoms with Crippen molar-refractivity contribution in [3.05, 3.63) is 60.2 Å². The van der Waals surface area contributed by atoms with Gasteiger partial charge in [-0.15, -0.1) is 0 Å². The number of para-hydroxylation sites is 1. The molecule has 0 bridgehead atoms. The van der Waals surface area contributed by atoms with Crippen LogP contribution < -0.4 is 10.2 Å². The standard InChI is InChI=1S/C20H20F3N7O/c1-14-25-17(13-18(26-14)30-8-4-7-24-30)28-9-11-29(12-10-28)19(31)27-16-6-3-2-5-15(16)20(21,22)23/h2-8,13H,9-12H2,1H3,(H,27,31). The molecule has 1 saturated heterocycles. The predicted molar refractivity (Wildman–Crippen MR) is 108 cm³/mol. The van der Waals surface area contributed by atoms with E-state index in [1.165, 1.54) is 23.1 Å². The Kier molecular flexibility index (Phi) is 5.49. The first-order valence-electron chi connectivity index (χ1n) is 9.64. The number of hydrogen-bond acceptors (Lipinski definition) is 5. The fourth-order valence-electron chi connectivity index (χ4n) is 3.39. The van der Waals surface area contributed by atoms with E-state index >= 15 is 0 Å². The summed E-state index contributed by atoms with van der Waals surface area (Å²) >= 11 is 0. The zero-order valence-electron chi connectivity index (χ0n) is 16.7. The van der Waals surface area contributed by atoms with Crippen LogP contribution in [0, 0.1) is 6.92 Å². The van der Waals surface area contributed by atoms with Crippen molar-refractivity contribution in [1.82, 2.24) is 24.6 Å². The number of aromatic nitrogens is 4. The van der Waals surface area contributed by atoms with Gasteiger partial charge in [0.05, 0.1) is 11.3 Å². The van der Waals surface area contributed by atoms with Gasteiger partial charge in [0.25, 0.3) is 0 Å². The van der Waals surface area contributed by atoms with E-state index in [0.717, 1.165) is 6.07 Å². The summed E-state index contributed by atoms with van der Waals surface area (Å²) in [5.74, 6) is 1.93. The lowest BCUT2D eigenvalue weighted by atomic mass is 10.1. The summed E-state index contributed by atoms with van der Waals surface area (Å²) in [6, 6.07) is 7.99. The van der Waals surface area contributed by atoms with E-state index in [1.54, 1.807) is 30.1 Å². The first-order valence-corrected chi connectivity index (χ1v) is 9.64. The van der Waals surface area contributed by atoms with Crippen molar-refractivity contribution in [2.45, 2.75) is 13.1 Å². The molecule has 0 aliphatic carbocycles. The molecular formula is C20H20F3N7O. The molecule has 162 valence electrons. The number of halogens is 3. The Labute approximate surface area is 176 Å². The highest BCUT2D eigenvalue weighted by molar-refractivity contribution is 5.90. The summed E-state index contributed by atoms with van der Waals surface area (Å²) in [4.78, 5) is 24.9. The normalized spacial score (nSPS) is 14.6. The second-order valence-electron chi connectivity index (χ2n) is 7.03. The van der Waals surface area contributed by atoms with Crippen LogP contribution in [0.15, 0.2) is 48.8 Å². The van der Waals surface area contributed by atoms with Crippen LogP contribution in [0.25, 0.3) is 5.82 Å². The molecule has 0 atom stereocenters. The number of carbonyl (C=O) groups is 1. The van der Waals surface area contributed by atoms with Crippen molar-refractivity contribution in [2.24, 2.45) is 0 Å². The van der Waals surface area contributed by atoms with E-state index < -0.39 is 17.8 Å². The molecule has 0 unspecified atom stereocenters. The van der Waals surface area contributed by atoms with E-state index in [-0.39, 0.29) is 5.69 Å². The zero-order valence-corrected chi connectivity index (χ0v) is 16.7.